The van der Waals surface area contributed by atoms with Gasteiger partial charge in [-0.2, -0.15) is 0 Å². The summed E-state index contributed by atoms with van der Waals surface area (Å²) in [6.07, 6.45) is 1.48. The Balaban J connectivity index is 1.53. The maximum atomic E-state index is 13.0. The molecule has 0 amide bonds. The maximum absolute atomic E-state index is 13.0. The van der Waals surface area contributed by atoms with E-state index in [-0.39, 0.29) is 5.82 Å². The molecule has 4 nitrogen and oxygen atoms in total. The highest BCUT2D eigenvalue weighted by atomic mass is 19.1. The Morgan fingerprint density at radius 2 is 2.00 bits per heavy atom. The van der Waals surface area contributed by atoms with Crippen LogP contribution >= 0.6 is 0 Å². The van der Waals surface area contributed by atoms with Crippen LogP contribution in [-0.4, -0.2) is 69.0 Å². The van der Waals surface area contributed by atoms with E-state index in [0.717, 1.165) is 58.9 Å². The number of fused-ring (bicyclic) bond motifs is 1. The minimum atomic E-state index is -0.171. The molecule has 2 atom stereocenters. The topological polar surface area (TPSA) is 24.9 Å². The number of halogens is 1. The number of ether oxygens (including phenoxy) is 2. The van der Waals surface area contributed by atoms with E-state index in [1.165, 1.54) is 17.7 Å². The average molecular weight is 322 g/mol. The highest BCUT2D eigenvalue weighted by molar-refractivity contribution is 5.16. The summed E-state index contributed by atoms with van der Waals surface area (Å²) in [5.41, 5.74) is 1.17. The second kappa shape index (κ2) is 8.20. The van der Waals surface area contributed by atoms with Gasteiger partial charge in [-0.1, -0.05) is 12.1 Å². The lowest BCUT2D eigenvalue weighted by Gasteiger charge is -2.38. The van der Waals surface area contributed by atoms with Crippen molar-refractivity contribution in [3.05, 3.63) is 35.6 Å². The van der Waals surface area contributed by atoms with E-state index in [4.69, 9.17) is 9.47 Å². The van der Waals surface area contributed by atoms with E-state index in [0.29, 0.717) is 12.0 Å². The van der Waals surface area contributed by atoms with Crippen molar-refractivity contribution < 1.29 is 13.9 Å². The number of piperidine rings is 1. The zero-order valence-electron chi connectivity index (χ0n) is 13.9. The molecule has 2 fully saturated rings. The van der Waals surface area contributed by atoms with Gasteiger partial charge >= 0.3 is 0 Å². The maximum Gasteiger partial charge on any atom is 0.123 e. The van der Waals surface area contributed by atoms with Crippen molar-refractivity contribution in [3.8, 4) is 0 Å². The summed E-state index contributed by atoms with van der Waals surface area (Å²) in [6, 6.07) is 6.83. The van der Waals surface area contributed by atoms with Crippen molar-refractivity contribution in [2.45, 2.75) is 19.1 Å². The SMILES string of the molecule is COCCN1CCO[C@H]2CN(Cc3ccc(F)cc3)CC[C@H]2C1. The van der Waals surface area contributed by atoms with Gasteiger partial charge in [0.25, 0.3) is 0 Å². The molecule has 0 aromatic heterocycles. The average Bonchev–Trinajstić information content (AvgIpc) is 2.76. The first-order valence-corrected chi connectivity index (χ1v) is 8.54. The first-order chi connectivity index (χ1) is 11.2. The van der Waals surface area contributed by atoms with Crippen LogP contribution in [0.4, 0.5) is 4.39 Å². The first-order valence-electron chi connectivity index (χ1n) is 8.54. The molecular weight excluding hydrogens is 295 g/mol. The van der Waals surface area contributed by atoms with Gasteiger partial charge < -0.3 is 9.47 Å². The van der Waals surface area contributed by atoms with Crippen molar-refractivity contribution in [2.24, 2.45) is 5.92 Å². The van der Waals surface area contributed by atoms with Gasteiger partial charge in [0.05, 0.1) is 19.3 Å². The van der Waals surface area contributed by atoms with E-state index in [9.17, 15) is 4.39 Å². The summed E-state index contributed by atoms with van der Waals surface area (Å²) in [4.78, 5) is 4.89. The number of nitrogens with zero attached hydrogens (tertiary/aromatic N) is 2. The molecule has 1 aromatic rings. The van der Waals surface area contributed by atoms with E-state index >= 15 is 0 Å². The third kappa shape index (κ3) is 4.73. The normalized spacial score (nSPS) is 26.7. The van der Waals surface area contributed by atoms with Crippen LogP contribution in [0.2, 0.25) is 0 Å². The summed E-state index contributed by atoms with van der Waals surface area (Å²) in [5, 5.41) is 0. The van der Waals surface area contributed by atoms with Crippen LogP contribution in [0.1, 0.15) is 12.0 Å². The van der Waals surface area contributed by atoms with Crippen LogP contribution < -0.4 is 0 Å². The number of hydrogen-bond acceptors (Lipinski definition) is 4. The fourth-order valence-electron chi connectivity index (χ4n) is 3.60. The lowest BCUT2D eigenvalue weighted by molar-refractivity contribution is -0.0242. The third-order valence-electron chi connectivity index (χ3n) is 4.94. The second-order valence-electron chi connectivity index (χ2n) is 6.61. The summed E-state index contributed by atoms with van der Waals surface area (Å²) in [5.74, 6) is 0.439. The molecule has 0 aliphatic carbocycles. The Hall–Kier alpha value is -1.01. The van der Waals surface area contributed by atoms with E-state index in [1.807, 2.05) is 12.1 Å². The molecule has 23 heavy (non-hydrogen) atoms. The number of hydrogen-bond donors (Lipinski definition) is 0. The predicted molar refractivity (Wildman–Crippen MR) is 87.8 cm³/mol. The number of benzene rings is 1. The van der Waals surface area contributed by atoms with E-state index < -0.39 is 0 Å². The Bertz CT molecular complexity index is 482. The molecule has 2 aliphatic rings. The third-order valence-corrected chi connectivity index (χ3v) is 4.94. The van der Waals surface area contributed by atoms with Crippen LogP contribution in [0.25, 0.3) is 0 Å². The second-order valence-corrected chi connectivity index (χ2v) is 6.61. The molecule has 0 bridgehead atoms. The molecule has 0 unspecified atom stereocenters. The number of rotatable bonds is 5. The van der Waals surface area contributed by atoms with Crippen molar-refractivity contribution in [1.82, 2.24) is 9.80 Å². The Kier molecular flexibility index (Phi) is 6.00. The summed E-state index contributed by atoms with van der Waals surface area (Å²) < 4.78 is 24.3. The van der Waals surface area contributed by atoms with Crippen LogP contribution in [0, 0.1) is 11.7 Å². The van der Waals surface area contributed by atoms with Gasteiger partial charge in [-0.15, -0.1) is 0 Å². The largest absolute Gasteiger partial charge is 0.383 e. The summed E-state index contributed by atoms with van der Waals surface area (Å²) in [7, 11) is 1.76. The van der Waals surface area contributed by atoms with Gasteiger partial charge in [0, 0.05) is 45.8 Å². The molecule has 0 spiro atoms. The van der Waals surface area contributed by atoms with E-state index in [1.54, 1.807) is 7.11 Å². The standard InChI is InChI=1S/C18H27FN2O2/c1-22-10-8-20-9-11-23-18-14-21(7-6-16(18)13-20)12-15-2-4-17(19)5-3-15/h2-5,16,18H,6-14H2,1H3/t16-,18-/m0/s1. The van der Waals surface area contributed by atoms with Crippen molar-refractivity contribution in [3.63, 3.8) is 0 Å². The smallest absolute Gasteiger partial charge is 0.123 e. The number of methoxy groups -OCH3 is 1. The zero-order chi connectivity index (χ0) is 16.1. The molecule has 2 heterocycles. The molecule has 3 rings (SSSR count). The van der Waals surface area contributed by atoms with Crippen molar-refractivity contribution in [1.29, 1.82) is 0 Å². The summed E-state index contributed by atoms with van der Waals surface area (Å²) >= 11 is 0. The Morgan fingerprint density at radius 3 is 2.78 bits per heavy atom. The van der Waals surface area contributed by atoms with Gasteiger partial charge in [-0.25, -0.2) is 4.39 Å². The molecule has 2 aliphatic heterocycles. The molecule has 1 aromatic carbocycles. The Morgan fingerprint density at radius 1 is 1.17 bits per heavy atom. The Labute approximate surface area is 138 Å². The molecule has 5 heteroatoms. The van der Waals surface area contributed by atoms with Gasteiger partial charge in [0.1, 0.15) is 5.82 Å². The van der Waals surface area contributed by atoms with Crippen molar-refractivity contribution in [2.75, 3.05) is 53.0 Å². The molecule has 0 radical (unpaired) electrons. The van der Waals surface area contributed by atoms with Crippen LogP contribution in [0.15, 0.2) is 24.3 Å². The zero-order valence-corrected chi connectivity index (χ0v) is 13.9. The van der Waals surface area contributed by atoms with Gasteiger partial charge in [0.2, 0.25) is 0 Å². The molecule has 0 saturated carbocycles. The number of likely N-dealkylation sites (tertiary alicyclic amines) is 1. The molecule has 128 valence electrons. The fourth-order valence-corrected chi connectivity index (χ4v) is 3.60. The monoisotopic (exact) mass is 322 g/mol. The van der Waals surface area contributed by atoms with Gasteiger partial charge in [-0.3, -0.25) is 9.80 Å². The highest BCUT2D eigenvalue weighted by Crippen LogP contribution is 2.25. The summed E-state index contributed by atoms with van der Waals surface area (Å²) in [6.45, 7) is 7.61. The minimum absolute atomic E-state index is 0.171. The molecule has 0 N–H and O–H groups in total. The quantitative estimate of drug-likeness (QED) is 0.828. The van der Waals surface area contributed by atoms with Crippen LogP contribution in [0.3, 0.4) is 0 Å². The molecular formula is C18H27FN2O2. The van der Waals surface area contributed by atoms with E-state index in [2.05, 4.69) is 9.80 Å². The van der Waals surface area contributed by atoms with Gasteiger partial charge in [0.15, 0.2) is 0 Å². The predicted octanol–water partition coefficient (Wildman–Crippen LogP) is 1.99. The highest BCUT2D eigenvalue weighted by Gasteiger charge is 2.33. The molecule has 2 saturated heterocycles. The first kappa shape index (κ1) is 16.8. The lowest BCUT2D eigenvalue weighted by atomic mass is 9.93. The lowest BCUT2D eigenvalue weighted by Crippen LogP contribution is -2.46. The van der Waals surface area contributed by atoms with Gasteiger partial charge in [-0.05, 0) is 30.7 Å². The fraction of sp³-hybridized carbons (Fsp3) is 0.667. The van der Waals surface area contributed by atoms with Crippen LogP contribution in [0.5, 0.6) is 0 Å². The van der Waals surface area contributed by atoms with Crippen molar-refractivity contribution >= 4 is 0 Å². The minimum Gasteiger partial charge on any atom is -0.383 e. The van der Waals surface area contributed by atoms with Crippen LogP contribution in [-0.2, 0) is 16.0 Å².